The van der Waals surface area contributed by atoms with Crippen LogP contribution in [0.1, 0.15) is 40.2 Å². The van der Waals surface area contributed by atoms with Gasteiger partial charge in [0.2, 0.25) is 5.91 Å². The fraction of sp³-hybridized carbons (Fsp3) is 0.579. The quantitative estimate of drug-likeness (QED) is 0.522. The number of hydrogen-bond donors (Lipinski definition) is 3. The molecule has 0 aromatic heterocycles. The third kappa shape index (κ3) is 9.59. The third-order valence-corrected chi connectivity index (χ3v) is 3.12. The number of nitrogens with zero attached hydrogens (tertiary/aromatic N) is 1. The zero-order valence-corrected chi connectivity index (χ0v) is 16.3. The summed E-state index contributed by atoms with van der Waals surface area (Å²) < 4.78 is 5.89. The molecule has 3 N–H and O–H groups in total. The second-order valence-electron chi connectivity index (χ2n) is 7.12. The number of ether oxygens (including phenoxy) is 1. The summed E-state index contributed by atoms with van der Waals surface area (Å²) in [7, 11) is 0. The minimum absolute atomic E-state index is 0.0333. The summed E-state index contributed by atoms with van der Waals surface area (Å²) in [5.41, 5.74) is 0.909. The van der Waals surface area contributed by atoms with Gasteiger partial charge in [-0.3, -0.25) is 4.79 Å². The van der Waals surface area contributed by atoms with Crippen molar-refractivity contribution in [1.29, 1.82) is 0 Å². The first-order valence-corrected chi connectivity index (χ1v) is 8.76. The Bertz CT molecular complexity index is 579. The van der Waals surface area contributed by atoms with Gasteiger partial charge in [-0.15, -0.1) is 0 Å². The number of rotatable bonds is 7. The van der Waals surface area contributed by atoms with Crippen molar-refractivity contribution in [1.82, 2.24) is 16.0 Å². The number of aryl methyl sites for hydroxylation is 1. The average molecular weight is 348 g/mol. The predicted octanol–water partition coefficient (Wildman–Crippen LogP) is 2.23. The number of nitrogens with one attached hydrogen (secondary N) is 3. The second-order valence-corrected chi connectivity index (χ2v) is 7.12. The average Bonchev–Trinajstić information content (AvgIpc) is 2.48. The molecule has 0 bridgehead atoms. The van der Waals surface area contributed by atoms with Crippen molar-refractivity contribution in [2.75, 3.05) is 19.6 Å². The minimum Gasteiger partial charge on any atom is -0.489 e. The van der Waals surface area contributed by atoms with Gasteiger partial charge in [0, 0.05) is 12.1 Å². The van der Waals surface area contributed by atoms with Crippen LogP contribution in [-0.4, -0.2) is 43.1 Å². The molecule has 0 heterocycles. The van der Waals surface area contributed by atoms with Crippen LogP contribution in [0.5, 0.6) is 5.75 Å². The molecule has 1 amide bonds. The van der Waals surface area contributed by atoms with Crippen molar-refractivity contribution in [3.63, 3.8) is 0 Å². The first-order valence-electron chi connectivity index (χ1n) is 8.76. The highest BCUT2D eigenvalue weighted by atomic mass is 16.5. The molecule has 0 fully saturated rings. The van der Waals surface area contributed by atoms with E-state index in [0.717, 1.165) is 17.9 Å². The van der Waals surface area contributed by atoms with Crippen molar-refractivity contribution < 1.29 is 9.53 Å². The number of amides is 1. The highest BCUT2D eigenvalue weighted by molar-refractivity contribution is 5.85. The lowest BCUT2D eigenvalue weighted by Gasteiger charge is -2.20. The lowest BCUT2D eigenvalue weighted by Crippen LogP contribution is -2.44. The van der Waals surface area contributed by atoms with E-state index >= 15 is 0 Å². The SMILES string of the molecule is CCNC(=NCC(=O)NC(C)(C)C)NCC(C)Oc1cccc(C)c1. The Kier molecular flexibility index (Phi) is 8.25. The molecule has 0 aliphatic heterocycles. The number of benzene rings is 1. The van der Waals surface area contributed by atoms with Gasteiger partial charge >= 0.3 is 0 Å². The molecular weight excluding hydrogens is 316 g/mol. The van der Waals surface area contributed by atoms with Gasteiger partial charge in [-0.2, -0.15) is 0 Å². The van der Waals surface area contributed by atoms with Gasteiger partial charge in [0.25, 0.3) is 0 Å². The Labute approximate surface area is 151 Å². The lowest BCUT2D eigenvalue weighted by molar-refractivity contribution is -0.121. The molecule has 6 nitrogen and oxygen atoms in total. The highest BCUT2D eigenvalue weighted by Crippen LogP contribution is 2.13. The van der Waals surface area contributed by atoms with E-state index in [2.05, 4.69) is 20.9 Å². The Morgan fingerprint density at radius 2 is 2.00 bits per heavy atom. The zero-order chi connectivity index (χ0) is 18.9. The normalized spacial score (nSPS) is 13.1. The van der Waals surface area contributed by atoms with Crippen LogP contribution in [-0.2, 0) is 4.79 Å². The smallest absolute Gasteiger partial charge is 0.242 e. The van der Waals surface area contributed by atoms with E-state index in [-0.39, 0.29) is 24.1 Å². The van der Waals surface area contributed by atoms with E-state index in [1.54, 1.807) is 0 Å². The maximum Gasteiger partial charge on any atom is 0.242 e. The fourth-order valence-corrected chi connectivity index (χ4v) is 2.15. The molecule has 0 aliphatic carbocycles. The Morgan fingerprint density at radius 1 is 1.28 bits per heavy atom. The molecule has 6 heteroatoms. The van der Waals surface area contributed by atoms with Crippen molar-refractivity contribution in [3.8, 4) is 5.75 Å². The fourth-order valence-electron chi connectivity index (χ4n) is 2.15. The molecule has 1 unspecified atom stereocenters. The van der Waals surface area contributed by atoms with Crippen LogP contribution in [0.3, 0.4) is 0 Å². The van der Waals surface area contributed by atoms with Gasteiger partial charge in [-0.05, 0) is 59.2 Å². The summed E-state index contributed by atoms with van der Waals surface area (Å²) in [6.45, 7) is 13.2. The van der Waals surface area contributed by atoms with E-state index in [1.165, 1.54) is 0 Å². The van der Waals surface area contributed by atoms with Crippen molar-refractivity contribution >= 4 is 11.9 Å². The van der Waals surface area contributed by atoms with Crippen molar-refractivity contribution in [3.05, 3.63) is 29.8 Å². The molecule has 0 spiro atoms. The van der Waals surface area contributed by atoms with Gasteiger partial charge in [0.05, 0.1) is 6.54 Å². The highest BCUT2D eigenvalue weighted by Gasteiger charge is 2.13. The van der Waals surface area contributed by atoms with E-state index in [1.807, 2.05) is 65.8 Å². The first-order chi connectivity index (χ1) is 11.7. The van der Waals surface area contributed by atoms with Crippen molar-refractivity contribution in [2.24, 2.45) is 4.99 Å². The van der Waals surface area contributed by atoms with E-state index in [4.69, 9.17) is 4.74 Å². The molecule has 1 aromatic carbocycles. The van der Waals surface area contributed by atoms with E-state index in [9.17, 15) is 4.79 Å². The molecule has 0 saturated carbocycles. The second kappa shape index (κ2) is 9.91. The van der Waals surface area contributed by atoms with Crippen LogP contribution >= 0.6 is 0 Å². The monoisotopic (exact) mass is 348 g/mol. The van der Waals surface area contributed by atoms with E-state index in [0.29, 0.717) is 12.5 Å². The minimum atomic E-state index is -0.255. The Morgan fingerprint density at radius 3 is 2.60 bits per heavy atom. The number of guanidine groups is 1. The summed E-state index contributed by atoms with van der Waals surface area (Å²) in [6, 6.07) is 7.96. The predicted molar refractivity (Wildman–Crippen MR) is 103 cm³/mol. The van der Waals surface area contributed by atoms with E-state index < -0.39 is 0 Å². The molecular formula is C19H32N4O2. The van der Waals surface area contributed by atoms with Crippen LogP contribution in [0.2, 0.25) is 0 Å². The Hall–Kier alpha value is -2.24. The third-order valence-electron chi connectivity index (χ3n) is 3.12. The maximum atomic E-state index is 11.9. The zero-order valence-electron chi connectivity index (χ0n) is 16.3. The molecule has 0 saturated heterocycles. The number of hydrogen-bond acceptors (Lipinski definition) is 3. The molecule has 0 radical (unpaired) electrons. The molecule has 1 rings (SSSR count). The maximum absolute atomic E-state index is 11.9. The largest absolute Gasteiger partial charge is 0.489 e. The summed E-state index contributed by atoms with van der Waals surface area (Å²) >= 11 is 0. The molecule has 25 heavy (non-hydrogen) atoms. The summed E-state index contributed by atoms with van der Waals surface area (Å²) in [6.07, 6.45) is -0.0333. The standard InChI is InChI=1S/C19H32N4O2/c1-7-20-18(22-13-17(24)23-19(4,5)6)21-12-15(3)25-16-10-8-9-14(2)11-16/h8-11,15H,7,12-13H2,1-6H3,(H,23,24)(H2,20,21,22). The van der Waals surface area contributed by atoms with Crippen LogP contribution in [0.25, 0.3) is 0 Å². The number of carbonyl (C=O) groups excluding carboxylic acids is 1. The topological polar surface area (TPSA) is 74.8 Å². The van der Waals surface area contributed by atoms with Gasteiger partial charge in [0.15, 0.2) is 5.96 Å². The van der Waals surface area contributed by atoms with Gasteiger partial charge < -0.3 is 20.7 Å². The summed E-state index contributed by atoms with van der Waals surface area (Å²) in [4.78, 5) is 16.2. The molecule has 140 valence electrons. The molecule has 1 atom stereocenters. The number of carbonyl (C=O) groups is 1. The van der Waals surface area contributed by atoms with Crippen molar-refractivity contribution in [2.45, 2.75) is 53.2 Å². The number of aliphatic imine (C=N–C) groups is 1. The van der Waals surface area contributed by atoms with Crippen LogP contribution in [0, 0.1) is 6.92 Å². The Balaban J connectivity index is 2.50. The van der Waals surface area contributed by atoms with Gasteiger partial charge in [0.1, 0.15) is 18.4 Å². The van der Waals surface area contributed by atoms with Crippen LogP contribution < -0.4 is 20.7 Å². The summed E-state index contributed by atoms with van der Waals surface area (Å²) in [5.74, 6) is 1.35. The summed E-state index contributed by atoms with van der Waals surface area (Å²) in [5, 5.41) is 9.23. The van der Waals surface area contributed by atoms with Gasteiger partial charge in [-0.1, -0.05) is 12.1 Å². The van der Waals surface area contributed by atoms with Gasteiger partial charge in [-0.25, -0.2) is 4.99 Å². The van der Waals surface area contributed by atoms with Crippen LogP contribution in [0.4, 0.5) is 0 Å². The van der Waals surface area contributed by atoms with Crippen LogP contribution in [0.15, 0.2) is 29.3 Å². The molecule has 0 aliphatic rings. The first kappa shape index (κ1) is 20.8. The molecule has 1 aromatic rings. The lowest BCUT2D eigenvalue weighted by atomic mass is 10.1.